The number of nitrogens with one attached hydrogen (secondary N) is 1. The summed E-state index contributed by atoms with van der Waals surface area (Å²) >= 11 is 13.2. The lowest BCUT2D eigenvalue weighted by molar-refractivity contribution is -0.113. The molecule has 10 heteroatoms. The Balaban J connectivity index is 1.56. The average molecular weight is 488 g/mol. The maximum Gasteiger partial charge on any atom is 0.262 e. The number of hydrogen-bond donors (Lipinski definition) is 1. The summed E-state index contributed by atoms with van der Waals surface area (Å²) in [7, 11) is 0. The standard InChI is InChI=1S/C22H19Cl2N5O2S/c1-14-6-7-15(23)10-19(14)26-20(30)13-32-22-27-18-5-3-2-4-17(18)21(31)29(22)9-8-28-12-16(24)11-25-28/h2-7,10-12H,8-9,13H2,1H3,(H,26,30). The second-order valence-electron chi connectivity index (χ2n) is 7.09. The van der Waals surface area contributed by atoms with Crippen LogP contribution in [0.25, 0.3) is 10.9 Å². The summed E-state index contributed by atoms with van der Waals surface area (Å²) in [4.78, 5) is 30.3. The van der Waals surface area contributed by atoms with E-state index in [-0.39, 0.29) is 17.2 Å². The minimum absolute atomic E-state index is 0.0876. The van der Waals surface area contributed by atoms with Crippen LogP contribution in [-0.4, -0.2) is 31.0 Å². The molecule has 0 atom stereocenters. The van der Waals surface area contributed by atoms with Crippen LogP contribution < -0.4 is 10.9 Å². The van der Waals surface area contributed by atoms with Crippen LogP contribution in [0.4, 0.5) is 5.69 Å². The van der Waals surface area contributed by atoms with Crippen LogP contribution in [0.3, 0.4) is 0 Å². The Morgan fingerprint density at radius 3 is 2.72 bits per heavy atom. The topological polar surface area (TPSA) is 81.8 Å². The highest BCUT2D eigenvalue weighted by atomic mass is 35.5. The van der Waals surface area contributed by atoms with Gasteiger partial charge in [-0.25, -0.2) is 4.98 Å². The smallest absolute Gasteiger partial charge is 0.262 e. The van der Waals surface area contributed by atoms with Gasteiger partial charge < -0.3 is 5.32 Å². The predicted octanol–water partition coefficient (Wildman–Crippen LogP) is 4.64. The first-order valence-corrected chi connectivity index (χ1v) is 11.5. The second kappa shape index (κ2) is 9.77. The van der Waals surface area contributed by atoms with Crippen molar-refractivity contribution >= 4 is 57.5 Å². The molecular formula is C22H19Cl2N5O2S. The maximum absolute atomic E-state index is 13.1. The molecule has 0 aliphatic heterocycles. The van der Waals surface area contributed by atoms with E-state index in [1.54, 1.807) is 52.0 Å². The first kappa shape index (κ1) is 22.4. The zero-order valence-electron chi connectivity index (χ0n) is 17.1. The summed E-state index contributed by atoms with van der Waals surface area (Å²) in [6.07, 6.45) is 3.23. The summed E-state index contributed by atoms with van der Waals surface area (Å²) in [5.74, 6) is -0.127. The fourth-order valence-corrected chi connectivity index (χ4v) is 4.32. The maximum atomic E-state index is 13.1. The number of amides is 1. The van der Waals surface area contributed by atoms with Gasteiger partial charge in [-0.05, 0) is 36.8 Å². The predicted molar refractivity (Wildman–Crippen MR) is 129 cm³/mol. The zero-order valence-corrected chi connectivity index (χ0v) is 19.4. The number of rotatable bonds is 7. The number of aryl methyl sites for hydroxylation is 2. The van der Waals surface area contributed by atoms with E-state index in [4.69, 9.17) is 23.2 Å². The van der Waals surface area contributed by atoms with E-state index in [1.165, 1.54) is 11.8 Å². The minimum atomic E-state index is -0.215. The van der Waals surface area contributed by atoms with Crippen molar-refractivity contribution in [3.05, 3.63) is 80.8 Å². The van der Waals surface area contributed by atoms with E-state index in [2.05, 4.69) is 15.4 Å². The number of anilines is 1. The van der Waals surface area contributed by atoms with E-state index in [1.807, 2.05) is 19.1 Å². The number of nitrogens with zero attached hydrogens (tertiary/aromatic N) is 4. The largest absolute Gasteiger partial charge is 0.325 e. The van der Waals surface area contributed by atoms with E-state index in [0.29, 0.717) is 44.9 Å². The van der Waals surface area contributed by atoms with Gasteiger partial charge in [-0.15, -0.1) is 0 Å². The Morgan fingerprint density at radius 2 is 1.94 bits per heavy atom. The third-order valence-electron chi connectivity index (χ3n) is 4.79. The number of benzene rings is 2. The summed E-state index contributed by atoms with van der Waals surface area (Å²) in [6, 6.07) is 12.5. The number of aromatic nitrogens is 4. The number of carbonyl (C=O) groups excluding carboxylic acids is 1. The molecule has 0 saturated heterocycles. The molecule has 0 aliphatic carbocycles. The van der Waals surface area contributed by atoms with Gasteiger partial charge in [0.15, 0.2) is 5.16 Å². The molecule has 2 heterocycles. The molecule has 1 amide bonds. The van der Waals surface area contributed by atoms with Crippen molar-refractivity contribution in [1.82, 2.24) is 19.3 Å². The number of para-hydroxylation sites is 1. The van der Waals surface area contributed by atoms with E-state index in [0.717, 1.165) is 5.56 Å². The van der Waals surface area contributed by atoms with Crippen molar-refractivity contribution < 1.29 is 4.79 Å². The molecule has 4 aromatic rings. The van der Waals surface area contributed by atoms with Gasteiger partial charge in [0.1, 0.15) is 0 Å². The molecule has 1 N–H and O–H groups in total. The Hall–Kier alpha value is -2.81. The molecule has 0 saturated carbocycles. The van der Waals surface area contributed by atoms with Crippen molar-refractivity contribution in [3.63, 3.8) is 0 Å². The molecule has 32 heavy (non-hydrogen) atoms. The van der Waals surface area contributed by atoms with Crippen molar-refractivity contribution in [2.75, 3.05) is 11.1 Å². The third-order valence-corrected chi connectivity index (χ3v) is 6.19. The van der Waals surface area contributed by atoms with Gasteiger partial charge in [0.05, 0.1) is 34.4 Å². The summed E-state index contributed by atoms with van der Waals surface area (Å²) in [6.45, 7) is 2.67. The van der Waals surface area contributed by atoms with E-state index in [9.17, 15) is 9.59 Å². The molecule has 4 rings (SSSR count). The highest BCUT2D eigenvalue weighted by Gasteiger charge is 2.14. The molecule has 2 aromatic heterocycles. The molecular weight excluding hydrogens is 469 g/mol. The van der Waals surface area contributed by atoms with Crippen LogP contribution in [0.5, 0.6) is 0 Å². The Kier molecular flexibility index (Phi) is 6.83. The van der Waals surface area contributed by atoms with Crippen LogP contribution >= 0.6 is 35.0 Å². The summed E-state index contributed by atoms with van der Waals surface area (Å²) in [5, 5.41) is 9.07. The van der Waals surface area contributed by atoms with Gasteiger partial charge in [0.25, 0.3) is 5.56 Å². The van der Waals surface area contributed by atoms with Crippen molar-refractivity contribution in [2.45, 2.75) is 25.2 Å². The molecule has 7 nitrogen and oxygen atoms in total. The minimum Gasteiger partial charge on any atom is -0.325 e. The van der Waals surface area contributed by atoms with Crippen LogP contribution in [0, 0.1) is 6.92 Å². The number of carbonyl (C=O) groups is 1. The summed E-state index contributed by atoms with van der Waals surface area (Å²) < 4.78 is 3.23. The SMILES string of the molecule is Cc1ccc(Cl)cc1NC(=O)CSc1nc2ccccc2c(=O)n1CCn1cc(Cl)cn1. The van der Waals surface area contributed by atoms with E-state index < -0.39 is 0 Å². The number of hydrogen-bond acceptors (Lipinski definition) is 5. The fraction of sp³-hybridized carbons (Fsp3) is 0.182. The van der Waals surface area contributed by atoms with Gasteiger partial charge in [0.2, 0.25) is 5.91 Å². The lowest BCUT2D eigenvalue weighted by atomic mass is 10.2. The number of halogens is 2. The second-order valence-corrected chi connectivity index (χ2v) is 8.90. The number of thioether (sulfide) groups is 1. The number of fused-ring (bicyclic) bond motifs is 1. The monoisotopic (exact) mass is 487 g/mol. The molecule has 0 spiro atoms. The van der Waals surface area contributed by atoms with Crippen molar-refractivity contribution in [2.24, 2.45) is 0 Å². The first-order chi connectivity index (χ1) is 15.4. The quantitative estimate of drug-likeness (QED) is 0.303. The highest BCUT2D eigenvalue weighted by molar-refractivity contribution is 7.99. The van der Waals surface area contributed by atoms with Gasteiger partial charge in [-0.2, -0.15) is 5.10 Å². The third kappa shape index (κ3) is 5.15. The highest BCUT2D eigenvalue weighted by Crippen LogP contribution is 2.22. The average Bonchev–Trinajstić information content (AvgIpc) is 3.19. The van der Waals surface area contributed by atoms with Crippen LogP contribution in [0.2, 0.25) is 10.0 Å². The Morgan fingerprint density at radius 1 is 1.12 bits per heavy atom. The zero-order chi connectivity index (χ0) is 22.7. The van der Waals surface area contributed by atoms with Gasteiger partial charge in [-0.1, -0.05) is 53.2 Å². The molecule has 0 aliphatic rings. The first-order valence-electron chi connectivity index (χ1n) is 9.77. The van der Waals surface area contributed by atoms with Crippen molar-refractivity contribution in [3.8, 4) is 0 Å². The summed E-state index contributed by atoms with van der Waals surface area (Å²) in [5.41, 5.74) is 1.99. The van der Waals surface area contributed by atoms with Gasteiger partial charge in [-0.3, -0.25) is 18.8 Å². The Bertz CT molecular complexity index is 1350. The van der Waals surface area contributed by atoms with Crippen LogP contribution in [0.1, 0.15) is 5.56 Å². The Labute approximate surface area is 198 Å². The molecule has 2 aromatic carbocycles. The fourth-order valence-electron chi connectivity index (χ4n) is 3.16. The normalized spacial score (nSPS) is 11.1. The molecule has 0 fully saturated rings. The van der Waals surface area contributed by atoms with E-state index >= 15 is 0 Å². The van der Waals surface area contributed by atoms with Gasteiger partial charge >= 0.3 is 0 Å². The lowest BCUT2D eigenvalue weighted by Gasteiger charge is -2.13. The molecule has 0 unspecified atom stereocenters. The van der Waals surface area contributed by atoms with Crippen molar-refractivity contribution in [1.29, 1.82) is 0 Å². The molecule has 0 bridgehead atoms. The lowest BCUT2D eigenvalue weighted by Crippen LogP contribution is -2.26. The van der Waals surface area contributed by atoms with Crippen LogP contribution in [-0.2, 0) is 17.9 Å². The van der Waals surface area contributed by atoms with Gasteiger partial charge in [0, 0.05) is 23.5 Å². The van der Waals surface area contributed by atoms with Crippen LogP contribution in [0.15, 0.2) is 64.8 Å². The molecule has 0 radical (unpaired) electrons. The molecule has 164 valence electrons.